The number of ether oxygens (including phenoxy) is 1. The van der Waals surface area contributed by atoms with E-state index >= 15 is 0 Å². The molecule has 0 spiro atoms. The Morgan fingerprint density at radius 3 is 2.74 bits per heavy atom. The molecule has 1 saturated heterocycles. The number of aromatic nitrogens is 2. The van der Waals surface area contributed by atoms with Gasteiger partial charge in [-0.2, -0.15) is 0 Å². The number of benzene rings is 1. The van der Waals surface area contributed by atoms with E-state index in [4.69, 9.17) is 21.3 Å². The Morgan fingerprint density at radius 2 is 2.03 bits per heavy atom. The molecule has 10 nitrogen and oxygen atoms in total. The Kier molecular flexibility index (Phi) is 7.23. The summed E-state index contributed by atoms with van der Waals surface area (Å²) in [5.74, 6) is 1.26. The number of carbonyl (C=O) groups is 2. The summed E-state index contributed by atoms with van der Waals surface area (Å²) in [6, 6.07) is 7.33. The number of nitrogens with zero attached hydrogens (tertiary/aromatic N) is 5. The Hall–Kier alpha value is -3.71. The zero-order valence-electron chi connectivity index (χ0n) is 19.5. The number of carbonyl (C=O) groups excluding carboxylic acids is 2. The molecule has 0 unspecified atom stereocenters. The third-order valence-electron chi connectivity index (χ3n) is 5.98. The van der Waals surface area contributed by atoms with Crippen LogP contribution < -0.4 is 15.5 Å². The average molecular weight is 464 g/mol. The highest BCUT2D eigenvalue weighted by molar-refractivity contribution is 5.89. The topological polar surface area (TPSA) is 104 Å². The van der Waals surface area contributed by atoms with Crippen LogP contribution in [0.2, 0.25) is 0 Å². The molecule has 178 valence electrons. The Bertz CT molecular complexity index is 1100. The molecule has 0 radical (unpaired) electrons. The van der Waals surface area contributed by atoms with E-state index in [1.807, 2.05) is 31.2 Å². The molecule has 0 aliphatic carbocycles. The number of hydrogen-bond acceptors (Lipinski definition) is 6. The van der Waals surface area contributed by atoms with Gasteiger partial charge in [-0.1, -0.05) is 0 Å². The zero-order valence-corrected chi connectivity index (χ0v) is 19.5. The second-order valence-electron chi connectivity index (χ2n) is 8.36. The van der Waals surface area contributed by atoms with Crippen molar-refractivity contribution in [2.75, 3.05) is 49.6 Å². The van der Waals surface area contributed by atoms with Gasteiger partial charge < -0.3 is 30.0 Å². The maximum Gasteiger partial charge on any atom is 0.319 e. The minimum Gasteiger partial charge on any atom is -0.377 e. The van der Waals surface area contributed by atoms with Crippen molar-refractivity contribution >= 4 is 23.4 Å². The van der Waals surface area contributed by atoms with Crippen LogP contribution in [0.4, 0.5) is 16.3 Å². The molecule has 10 heteroatoms. The van der Waals surface area contributed by atoms with E-state index in [0.717, 1.165) is 22.6 Å². The number of hydrogen-bond donors (Lipinski definition) is 2. The van der Waals surface area contributed by atoms with Crippen LogP contribution in [0.15, 0.2) is 24.3 Å². The number of urea groups is 1. The molecule has 2 N–H and O–H groups in total. The monoisotopic (exact) mass is 463 g/mol. The summed E-state index contributed by atoms with van der Waals surface area (Å²) in [6.07, 6.45) is 0.608. The van der Waals surface area contributed by atoms with Gasteiger partial charge in [0.05, 0.1) is 31.5 Å². The maximum absolute atomic E-state index is 12.4. The fourth-order valence-electron chi connectivity index (χ4n) is 4.22. The van der Waals surface area contributed by atoms with E-state index in [1.165, 1.54) is 0 Å². The largest absolute Gasteiger partial charge is 0.377 e. The Labute approximate surface area is 199 Å². The van der Waals surface area contributed by atoms with Gasteiger partial charge in [0.2, 0.25) is 0 Å². The lowest BCUT2D eigenvalue weighted by atomic mass is 10.0. The van der Waals surface area contributed by atoms with Gasteiger partial charge in [0.15, 0.2) is 5.82 Å². The van der Waals surface area contributed by atoms with E-state index in [1.54, 1.807) is 4.90 Å². The van der Waals surface area contributed by atoms with Crippen LogP contribution >= 0.6 is 0 Å². The van der Waals surface area contributed by atoms with Crippen LogP contribution in [0.25, 0.3) is 16.2 Å². The molecule has 1 atom stereocenters. The zero-order chi connectivity index (χ0) is 24.1. The van der Waals surface area contributed by atoms with Crippen LogP contribution in [-0.4, -0.2) is 72.2 Å². The summed E-state index contributed by atoms with van der Waals surface area (Å²) in [5.41, 5.74) is 3.40. The van der Waals surface area contributed by atoms with Gasteiger partial charge in [-0.05, 0) is 38.1 Å². The van der Waals surface area contributed by atoms with E-state index in [-0.39, 0.29) is 24.5 Å². The molecule has 3 heterocycles. The van der Waals surface area contributed by atoms with Gasteiger partial charge in [0.25, 0.3) is 6.54 Å². The Balaban J connectivity index is 1.67. The molecular weight excluding hydrogens is 434 g/mol. The predicted molar refractivity (Wildman–Crippen MR) is 128 cm³/mol. The first-order valence-electron chi connectivity index (χ1n) is 11.5. The molecule has 2 aromatic rings. The molecule has 4 rings (SSSR count). The van der Waals surface area contributed by atoms with Gasteiger partial charge in [0.1, 0.15) is 5.82 Å². The molecule has 1 aromatic carbocycles. The predicted octanol–water partition coefficient (Wildman–Crippen LogP) is 2.31. The van der Waals surface area contributed by atoms with Crippen molar-refractivity contribution in [1.29, 1.82) is 0 Å². The number of amides is 3. The third kappa shape index (κ3) is 5.10. The normalized spacial score (nSPS) is 17.5. The molecule has 2 aliphatic rings. The van der Waals surface area contributed by atoms with Gasteiger partial charge in [-0.15, -0.1) is 0 Å². The highest BCUT2D eigenvalue weighted by Crippen LogP contribution is 2.32. The van der Waals surface area contributed by atoms with Crippen molar-refractivity contribution in [3.8, 4) is 11.4 Å². The number of fused-ring (bicyclic) bond motifs is 1. The van der Waals surface area contributed by atoms with Crippen LogP contribution in [0.3, 0.4) is 0 Å². The lowest BCUT2D eigenvalue weighted by Crippen LogP contribution is -2.46. The lowest BCUT2D eigenvalue weighted by Gasteiger charge is -2.38. The first kappa shape index (κ1) is 23.4. The maximum atomic E-state index is 12.4. The summed E-state index contributed by atoms with van der Waals surface area (Å²) in [5, 5.41) is 5.50. The van der Waals surface area contributed by atoms with Crippen molar-refractivity contribution in [2.24, 2.45) is 0 Å². The number of nitrogens with one attached hydrogen (secondary N) is 2. The molecular formula is C24H29N7O3. The van der Waals surface area contributed by atoms with Crippen molar-refractivity contribution in [1.82, 2.24) is 20.2 Å². The van der Waals surface area contributed by atoms with Crippen molar-refractivity contribution in [3.05, 3.63) is 46.9 Å². The van der Waals surface area contributed by atoms with E-state index < -0.39 is 0 Å². The summed E-state index contributed by atoms with van der Waals surface area (Å²) < 4.78 is 5.62. The SMILES string of the molecule is [C-]#[N+]CC(=O)N1CCc2nc(-c3ccc(NC(=O)NCC)cc3)nc(N3CCOC[C@@H]3C)c2C1. The van der Waals surface area contributed by atoms with Crippen LogP contribution in [-0.2, 0) is 22.5 Å². The van der Waals surface area contributed by atoms with Crippen molar-refractivity contribution < 1.29 is 14.3 Å². The fraction of sp³-hybridized carbons (Fsp3) is 0.458. The first-order valence-corrected chi connectivity index (χ1v) is 11.5. The number of anilines is 2. The molecule has 1 fully saturated rings. The molecule has 2 aliphatic heterocycles. The van der Waals surface area contributed by atoms with Crippen molar-refractivity contribution in [3.63, 3.8) is 0 Å². The number of morpholine rings is 1. The minimum absolute atomic E-state index is 0.138. The fourth-order valence-corrected chi connectivity index (χ4v) is 4.22. The Morgan fingerprint density at radius 1 is 1.24 bits per heavy atom. The standard InChI is InChI=1S/C24H29N7O3/c1-4-26-24(33)27-18-7-5-17(6-8-18)22-28-20-9-10-30(21(32)13-25-3)14-19(20)23(29-22)31-11-12-34-15-16(31)2/h5-8,16H,4,9-15H2,1-2H3,(H2,26,27,33)/t16-/m0/s1. The highest BCUT2D eigenvalue weighted by atomic mass is 16.5. The molecule has 0 saturated carbocycles. The van der Waals surface area contributed by atoms with E-state index in [9.17, 15) is 9.59 Å². The van der Waals surface area contributed by atoms with Crippen LogP contribution in [0, 0.1) is 6.57 Å². The molecule has 34 heavy (non-hydrogen) atoms. The summed E-state index contributed by atoms with van der Waals surface area (Å²) in [6.45, 7) is 14.2. The third-order valence-corrected chi connectivity index (χ3v) is 5.98. The van der Waals surface area contributed by atoms with Crippen LogP contribution in [0.5, 0.6) is 0 Å². The molecule has 1 aromatic heterocycles. The second kappa shape index (κ2) is 10.5. The van der Waals surface area contributed by atoms with Crippen molar-refractivity contribution in [2.45, 2.75) is 32.9 Å². The smallest absolute Gasteiger partial charge is 0.319 e. The van der Waals surface area contributed by atoms with Gasteiger partial charge in [0, 0.05) is 42.9 Å². The van der Waals surface area contributed by atoms with Gasteiger partial charge in [-0.25, -0.2) is 21.3 Å². The molecule has 0 bridgehead atoms. The summed E-state index contributed by atoms with van der Waals surface area (Å²) in [4.78, 5) is 41.2. The second-order valence-corrected chi connectivity index (χ2v) is 8.36. The highest BCUT2D eigenvalue weighted by Gasteiger charge is 2.31. The van der Waals surface area contributed by atoms with E-state index in [0.29, 0.717) is 57.3 Å². The quantitative estimate of drug-likeness (QED) is 0.660. The lowest BCUT2D eigenvalue weighted by molar-refractivity contribution is -0.129. The van der Waals surface area contributed by atoms with Gasteiger partial charge >= 0.3 is 11.9 Å². The van der Waals surface area contributed by atoms with Crippen LogP contribution in [0.1, 0.15) is 25.1 Å². The molecule has 3 amide bonds. The number of rotatable bonds is 5. The average Bonchev–Trinajstić information content (AvgIpc) is 2.84. The van der Waals surface area contributed by atoms with E-state index in [2.05, 4.69) is 27.3 Å². The van der Waals surface area contributed by atoms with Gasteiger partial charge in [-0.3, -0.25) is 4.79 Å². The first-order chi connectivity index (χ1) is 16.5. The summed E-state index contributed by atoms with van der Waals surface area (Å²) >= 11 is 0. The summed E-state index contributed by atoms with van der Waals surface area (Å²) in [7, 11) is 0. The minimum atomic E-state index is -0.249.